The molecule has 0 radical (unpaired) electrons. The number of hydrogen-bond donors (Lipinski definition) is 2. The second kappa shape index (κ2) is 8.92. The maximum atomic E-state index is 13.0. The molecule has 27 heavy (non-hydrogen) atoms. The van der Waals surface area contributed by atoms with Crippen LogP contribution in [0.5, 0.6) is 0 Å². The number of nitrogens with one attached hydrogen (secondary N) is 2. The van der Waals surface area contributed by atoms with E-state index in [0.717, 1.165) is 17.0 Å². The fourth-order valence-electron chi connectivity index (χ4n) is 2.97. The van der Waals surface area contributed by atoms with Gasteiger partial charge in [0.1, 0.15) is 5.82 Å². The minimum atomic E-state index is -3.66. The van der Waals surface area contributed by atoms with E-state index in [9.17, 15) is 17.6 Å². The molecule has 0 atom stereocenters. The third-order valence-corrected chi connectivity index (χ3v) is 6.85. The van der Waals surface area contributed by atoms with Crippen LogP contribution in [0.4, 0.5) is 4.39 Å². The van der Waals surface area contributed by atoms with Crippen LogP contribution in [-0.2, 0) is 21.4 Å². The summed E-state index contributed by atoms with van der Waals surface area (Å²) in [6.07, 6.45) is 1.25. The monoisotopic (exact) mass is 411 g/mol. The summed E-state index contributed by atoms with van der Waals surface area (Å²) in [5.74, 6) is -0.506. The number of likely N-dealkylation sites (tertiary alicyclic amines) is 1. The zero-order valence-electron chi connectivity index (χ0n) is 14.7. The van der Waals surface area contributed by atoms with E-state index < -0.39 is 15.8 Å². The third-order valence-electron chi connectivity index (χ3n) is 4.44. The summed E-state index contributed by atoms with van der Waals surface area (Å²) in [6, 6.07) is 8.51. The van der Waals surface area contributed by atoms with Gasteiger partial charge in [0, 0.05) is 24.0 Å². The summed E-state index contributed by atoms with van der Waals surface area (Å²) in [4.78, 5) is 15.2. The standard InChI is InChI=1S/C18H22FN3O3S2/c19-14-3-5-17(6-4-14)27(24,25)21-15-7-9-22(10-8-15)13-18(23)20-12-16-2-1-11-26-16/h1-6,11,15,21H,7-10,12-13H2,(H,20,23). The van der Waals surface area contributed by atoms with Gasteiger partial charge in [-0.25, -0.2) is 17.5 Å². The summed E-state index contributed by atoms with van der Waals surface area (Å²) in [6.45, 7) is 2.12. The number of rotatable bonds is 7. The molecule has 2 aromatic rings. The first-order valence-corrected chi connectivity index (χ1v) is 11.1. The van der Waals surface area contributed by atoms with E-state index in [0.29, 0.717) is 39.0 Å². The van der Waals surface area contributed by atoms with Crippen LogP contribution in [-0.4, -0.2) is 44.9 Å². The van der Waals surface area contributed by atoms with Crippen molar-refractivity contribution in [1.82, 2.24) is 14.9 Å². The van der Waals surface area contributed by atoms with Crippen LogP contribution in [0.15, 0.2) is 46.7 Å². The molecule has 9 heteroatoms. The number of carbonyl (C=O) groups excluding carboxylic acids is 1. The van der Waals surface area contributed by atoms with Crippen molar-refractivity contribution in [2.24, 2.45) is 0 Å². The van der Waals surface area contributed by atoms with E-state index in [1.807, 2.05) is 22.4 Å². The van der Waals surface area contributed by atoms with Crippen LogP contribution in [0.2, 0.25) is 0 Å². The van der Waals surface area contributed by atoms with Crippen LogP contribution >= 0.6 is 11.3 Å². The summed E-state index contributed by atoms with van der Waals surface area (Å²) in [5, 5.41) is 4.87. The Bertz CT molecular complexity index is 846. The topological polar surface area (TPSA) is 78.5 Å². The van der Waals surface area contributed by atoms with Gasteiger partial charge in [0.2, 0.25) is 15.9 Å². The van der Waals surface area contributed by atoms with Crippen molar-refractivity contribution in [3.63, 3.8) is 0 Å². The molecule has 1 saturated heterocycles. The molecule has 2 heterocycles. The van der Waals surface area contributed by atoms with E-state index in [2.05, 4.69) is 10.0 Å². The smallest absolute Gasteiger partial charge is 0.240 e. The number of nitrogens with zero attached hydrogens (tertiary/aromatic N) is 1. The Morgan fingerprint density at radius 1 is 1.19 bits per heavy atom. The van der Waals surface area contributed by atoms with E-state index in [1.165, 1.54) is 12.1 Å². The van der Waals surface area contributed by atoms with Crippen molar-refractivity contribution in [2.75, 3.05) is 19.6 Å². The van der Waals surface area contributed by atoms with E-state index in [1.54, 1.807) is 11.3 Å². The molecule has 2 N–H and O–H groups in total. The Hall–Kier alpha value is -1.81. The zero-order chi connectivity index (χ0) is 19.3. The molecule has 6 nitrogen and oxygen atoms in total. The van der Waals surface area contributed by atoms with Crippen molar-refractivity contribution in [3.8, 4) is 0 Å². The van der Waals surface area contributed by atoms with Crippen LogP contribution in [0.1, 0.15) is 17.7 Å². The molecule has 0 spiro atoms. The number of hydrogen-bond acceptors (Lipinski definition) is 5. The molecule has 1 fully saturated rings. The Balaban J connectivity index is 1.43. The largest absolute Gasteiger partial charge is 0.350 e. The van der Waals surface area contributed by atoms with E-state index in [4.69, 9.17) is 0 Å². The number of benzene rings is 1. The van der Waals surface area contributed by atoms with Gasteiger partial charge in [-0.15, -0.1) is 11.3 Å². The molecule has 1 aliphatic heterocycles. The van der Waals surface area contributed by atoms with E-state index in [-0.39, 0.29) is 16.8 Å². The van der Waals surface area contributed by atoms with Gasteiger partial charge >= 0.3 is 0 Å². The molecule has 3 rings (SSSR count). The normalized spacial score (nSPS) is 16.3. The molecule has 0 aliphatic carbocycles. The Kier molecular flexibility index (Phi) is 6.59. The second-order valence-electron chi connectivity index (χ2n) is 6.48. The molecule has 0 unspecified atom stereocenters. The zero-order valence-corrected chi connectivity index (χ0v) is 16.4. The highest BCUT2D eigenvalue weighted by Crippen LogP contribution is 2.15. The van der Waals surface area contributed by atoms with Gasteiger partial charge in [-0.05, 0) is 48.6 Å². The fourth-order valence-corrected chi connectivity index (χ4v) is 4.92. The number of sulfonamides is 1. The SMILES string of the molecule is O=C(CN1CCC(NS(=O)(=O)c2ccc(F)cc2)CC1)NCc1cccs1. The maximum Gasteiger partial charge on any atom is 0.240 e. The Morgan fingerprint density at radius 2 is 1.89 bits per heavy atom. The molecular weight excluding hydrogens is 389 g/mol. The average Bonchev–Trinajstić information content (AvgIpc) is 3.15. The van der Waals surface area contributed by atoms with Crippen LogP contribution in [0, 0.1) is 5.82 Å². The van der Waals surface area contributed by atoms with Gasteiger partial charge in [0.05, 0.1) is 18.0 Å². The quantitative estimate of drug-likeness (QED) is 0.730. The molecule has 1 amide bonds. The molecule has 146 valence electrons. The lowest BCUT2D eigenvalue weighted by Gasteiger charge is -2.31. The highest BCUT2D eigenvalue weighted by molar-refractivity contribution is 7.89. The molecular formula is C18H22FN3O3S2. The minimum Gasteiger partial charge on any atom is -0.350 e. The first-order valence-electron chi connectivity index (χ1n) is 8.72. The highest BCUT2D eigenvalue weighted by Gasteiger charge is 2.25. The van der Waals surface area contributed by atoms with Crippen molar-refractivity contribution in [3.05, 3.63) is 52.5 Å². The summed E-state index contributed by atoms with van der Waals surface area (Å²) < 4.78 is 40.4. The second-order valence-corrected chi connectivity index (χ2v) is 9.23. The molecule has 1 aromatic heterocycles. The number of piperidine rings is 1. The van der Waals surface area contributed by atoms with Crippen molar-refractivity contribution in [1.29, 1.82) is 0 Å². The van der Waals surface area contributed by atoms with Crippen molar-refractivity contribution in [2.45, 2.75) is 30.3 Å². The van der Waals surface area contributed by atoms with Crippen LogP contribution in [0.25, 0.3) is 0 Å². The van der Waals surface area contributed by atoms with Crippen molar-refractivity contribution < 1.29 is 17.6 Å². The predicted octanol–water partition coefficient (Wildman–Crippen LogP) is 1.95. The third kappa shape index (κ3) is 5.83. The summed E-state index contributed by atoms with van der Waals surface area (Å²) >= 11 is 1.60. The predicted molar refractivity (Wildman–Crippen MR) is 102 cm³/mol. The molecule has 0 bridgehead atoms. The molecule has 1 aromatic carbocycles. The number of amides is 1. The van der Waals surface area contributed by atoms with Gasteiger partial charge in [0.25, 0.3) is 0 Å². The number of halogens is 1. The van der Waals surface area contributed by atoms with E-state index >= 15 is 0 Å². The van der Waals surface area contributed by atoms with Gasteiger partial charge in [0.15, 0.2) is 0 Å². The molecule has 1 aliphatic rings. The lowest BCUT2D eigenvalue weighted by Crippen LogP contribution is -2.47. The van der Waals surface area contributed by atoms with Crippen LogP contribution in [0.3, 0.4) is 0 Å². The van der Waals surface area contributed by atoms with Crippen molar-refractivity contribution >= 4 is 27.3 Å². The highest BCUT2D eigenvalue weighted by atomic mass is 32.2. The lowest BCUT2D eigenvalue weighted by molar-refractivity contribution is -0.122. The summed E-state index contributed by atoms with van der Waals surface area (Å²) in [7, 11) is -3.66. The minimum absolute atomic E-state index is 0.0336. The Morgan fingerprint density at radius 3 is 2.52 bits per heavy atom. The van der Waals surface area contributed by atoms with Gasteiger partial charge in [-0.2, -0.15) is 0 Å². The fraction of sp³-hybridized carbons (Fsp3) is 0.389. The van der Waals surface area contributed by atoms with Crippen LogP contribution < -0.4 is 10.0 Å². The average molecular weight is 412 g/mol. The number of thiophene rings is 1. The van der Waals surface area contributed by atoms with Gasteiger partial charge in [-0.3, -0.25) is 9.69 Å². The summed E-state index contributed by atoms with van der Waals surface area (Å²) in [5.41, 5.74) is 0. The first kappa shape index (κ1) is 19.9. The molecule has 0 saturated carbocycles. The Labute approximate surface area is 162 Å². The lowest BCUT2D eigenvalue weighted by atomic mass is 10.1. The van der Waals surface area contributed by atoms with Gasteiger partial charge in [-0.1, -0.05) is 6.07 Å². The number of carbonyl (C=O) groups is 1. The first-order chi connectivity index (χ1) is 12.9. The maximum absolute atomic E-state index is 13.0. The van der Waals surface area contributed by atoms with Gasteiger partial charge < -0.3 is 5.32 Å².